The summed E-state index contributed by atoms with van der Waals surface area (Å²) in [6, 6.07) is 2.46. The molecule has 5 heteroatoms. The Morgan fingerprint density at radius 2 is 2.23 bits per heavy atom. The standard InChI is InChI=1S/C17H21N3OS/c1-12-9-18-20(10-12)14-3-2-7-19(11-14)17(21)16-15(6-8-22-16)13-4-5-13/h6,8-10,13-14H,2-5,7,11H2,1H3. The Hall–Kier alpha value is -1.62. The van der Waals surface area contributed by atoms with Crippen LogP contribution in [0.5, 0.6) is 0 Å². The fourth-order valence-electron chi connectivity index (χ4n) is 3.34. The second-order valence-electron chi connectivity index (χ2n) is 6.52. The highest BCUT2D eigenvalue weighted by Gasteiger charge is 2.32. The predicted molar refractivity (Wildman–Crippen MR) is 87.4 cm³/mol. The zero-order chi connectivity index (χ0) is 15.1. The molecule has 1 saturated heterocycles. The first-order chi connectivity index (χ1) is 10.7. The van der Waals surface area contributed by atoms with Gasteiger partial charge in [0.2, 0.25) is 0 Å². The Labute approximate surface area is 134 Å². The summed E-state index contributed by atoms with van der Waals surface area (Å²) in [5.41, 5.74) is 2.46. The van der Waals surface area contributed by atoms with Crippen LogP contribution in [0.1, 0.15) is 58.4 Å². The van der Waals surface area contributed by atoms with Gasteiger partial charge in [0.15, 0.2) is 0 Å². The lowest BCUT2D eigenvalue weighted by Crippen LogP contribution is -2.40. The van der Waals surface area contributed by atoms with Gasteiger partial charge in [0, 0.05) is 19.3 Å². The van der Waals surface area contributed by atoms with E-state index < -0.39 is 0 Å². The zero-order valence-corrected chi connectivity index (χ0v) is 13.7. The maximum Gasteiger partial charge on any atom is 0.264 e. The average molecular weight is 315 g/mol. The maximum absolute atomic E-state index is 12.9. The van der Waals surface area contributed by atoms with Gasteiger partial charge in [-0.3, -0.25) is 9.48 Å². The molecule has 1 aliphatic heterocycles. The van der Waals surface area contributed by atoms with Gasteiger partial charge in [-0.15, -0.1) is 11.3 Å². The monoisotopic (exact) mass is 315 g/mol. The van der Waals surface area contributed by atoms with Crippen LogP contribution >= 0.6 is 11.3 Å². The van der Waals surface area contributed by atoms with Crippen molar-refractivity contribution in [3.8, 4) is 0 Å². The van der Waals surface area contributed by atoms with Crippen LogP contribution in [-0.4, -0.2) is 33.7 Å². The summed E-state index contributed by atoms with van der Waals surface area (Å²) >= 11 is 1.61. The minimum absolute atomic E-state index is 0.227. The third kappa shape index (κ3) is 2.58. The third-order valence-corrected chi connectivity index (χ3v) is 5.61. The number of aryl methyl sites for hydroxylation is 1. The first-order valence-electron chi connectivity index (χ1n) is 8.10. The molecule has 3 heterocycles. The molecule has 1 unspecified atom stereocenters. The molecule has 22 heavy (non-hydrogen) atoms. The Morgan fingerprint density at radius 3 is 2.95 bits per heavy atom. The van der Waals surface area contributed by atoms with Crippen LogP contribution in [0.4, 0.5) is 0 Å². The molecule has 4 nitrogen and oxygen atoms in total. The second-order valence-corrected chi connectivity index (χ2v) is 7.44. The summed E-state index contributed by atoms with van der Waals surface area (Å²) in [5.74, 6) is 0.866. The number of amides is 1. The molecule has 0 bridgehead atoms. The molecule has 0 N–H and O–H groups in total. The highest BCUT2D eigenvalue weighted by atomic mass is 32.1. The van der Waals surface area contributed by atoms with Crippen molar-refractivity contribution in [1.29, 1.82) is 0 Å². The van der Waals surface area contributed by atoms with Gasteiger partial charge in [-0.05, 0) is 61.1 Å². The van der Waals surface area contributed by atoms with E-state index in [0.717, 1.165) is 30.8 Å². The molecule has 4 rings (SSSR count). The lowest BCUT2D eigenvalue weighted by molar-refractivity contribution is 0.0677. The average Bonchev–Trinajstić information content (AvgIpc) is 3.10. The smallest absolute Gasteiger partial charge is 0.264 e. The van der Waals surface area contributed by atoms with E-state index in [9.17, 15) is 4.79 Å². The number of piperidine rings is 1. The number of carbonyl (C=O) groups excluding carboxylic acids is 1. The molecule has 1 atom stereocenters. The van der Waals surface area contributed by atoms with E-state index in [4.69, 9.17) is 0 Å². The lowest BCUT2D eigenvalue weighted by Gasteiger charge is -2.32. The molecule has 1 saturated carbocycles. The van der Waals surface area contributed by atoms with Gasteiger partial charge >= 0.3 is 0 Å². The molecular formula is C17H21N3OS. The number of carbonyl (C=O) groups is 1. The van der Waals surface area contributed by atoms with Crippen LogP contribution in [0.3, 0.4) is 0 Å². The van der Waals surface area contributed by atoms with E-state index in [-0.39, 0.29) is 5.91 Å². The summed E-state index contributed by atoms with van der Waals surface area (Å²) in [6.07, 6.45) is 8.62. The number of nitrogens with zero attached hydrogens (tertiary/aromatic N) is 3. The first-order valence-corrected chi connectivity index (χ1v) is 8.98. The van der Waals surface area contributed by atoms with Crippen molar-refractivity contribution in [3.05, 3.63) is 39.8 Å². The minimum Gasteiger partial charge on any atom is -0.336 e. The SMILES string of the molecule is Cc1cnn(C2CCCN(C(=O)c3sccc3C3CC3)C2)c1. The Balaban J connectivity index is 1.52. The van der Waals surface area contributed by atoms with Gasteiger partial charge in [-0.2, -0.15) is 5.10 Å². The number of likely N-dealkylation sites (tertiary alicyclic amines) is 1. The molecular weight excluding hydrogens is 294 g/mol. The summed E-state index contributed by atoms with van der Waals surface area (Å²) in [5, 5.41) is 6.50. The fourth-order valence-corrected chi connectivity index (χ4v) is 4.29. The van der Waals surface area contributed by atoms with Crippen LogP contribution in [0.25, 0.3) is 0 Å². The van der Waals surface area contributed by atoms with Crippen LogP contribution in [0, 0.1) is 6.92 Å². The molecule has 2 aromatic heterocycles. The number of hydrogen-bond donors (Lipinski definition) is 0. The lowest BCUT2D eigenvalue weighted by atomic mass is 10.0. The third-order valence-electron chi connectivity index (χ3n) is 4.70. The molecule has 1 aliphatic carbocycles. The molecule has 0 aromatic carbocycles. The fraction of sp³-hybridized carbons (Fsp3) is 0.529. The molecule has 2 fully saturated rings. The largest absolute Gasteiger partial charge is 0.336 e. The van der Waals surface area contributed by atoms with E-state index in [1.54, 1.807) is 11.3 Å². The molecule has 2 aromatic rings. The van der Waals surface area contributed by atoms with Crippen molar-refractivity contribution in [3.63, 3.8) is 0 Å². The first kappa shape index (κ1) is 14.0. The highest BCUT2D eigenvalue weighted by molar-refractivity contribution is 7.12. The van der Waals surface area contributed by atoms with Crippen molar-refractivity contribution in [2.24, 2.45) is 0 Å². The van der Waals surface area contributed by atoms with E-state index in [2.05, 4.69) is 29.7 Å². The molecule has 2 aliphatic rings. The summed E-state index contributed by atoms with van der Waals surface area (Å²) < 4.78 is 2.03. The van der Waals surface area contributed by atoms with Crippen LogP contribution < -0.4 is 0 Å². The normalized spacial score (nSPS) is 22.0. The van der Waals surface area contributed by atoms with Crippen molar-refractivity contribution in [2.45, 2.75) is 44.6 Å². The van der Waals surface area contributed by atoms with Crippen molar-refractivity contribution in [1.82, 2.24) is 14.7 Å². The Bertz CT molecular complexity index is 686. The number of hydrogen-bond acceptors (Lipinski definition) is 3. The minimum atomic E-state index is 0.227. The number of rotatable bonds is 3. The Morgan fingerprint density at radius 1 is 1.36 bits per heavy atom. The quantitative estimate of drug-likeness (QED) is 0.868. The predicted octanol–water partition coefficient (Wildman–Crippen LogP) is 3.61. The van der Waals surface area contributed by atoms with E-state index in [1.807, 2.05) is 15.8 Å². The molecule has 0 radical (unpaired) electrons. The van der Waals surface area contributed by atoms with E-state index in [1.165, 1.54) is 24.0 Å². The van der Waals surface area contributed by atoms with Crippen LogP contribution in [0.2, 0.25) is 0 Å². The summed E-state index contributed by atoms with van der Waals surface area (Å²) in [7, 11) is 0. The molecule has 116 valence electrons. The van der Waals surface area contributed by atoms with Crippen molar-refractivity contribution < 1.29 is 4.79 Å². The summed E-state index contributed by atoms with van der Waals surface area (Å²) in [4.78, 5) is 15.9. The van der Waals surface area contributed by atoms with Crippen molar-refractivity contribution in [2.75, 3.05) is 13.1 Å². The second kappa shape index (κ2) is 5.54. The van der Waals surface area contributed by atoms with Gasteiger partial charge in [-0.1, -0.05) is 0 Å². The van der Waals surface area contributed by atoms with Crippen LogP contribution in [-0.2, 0) is 0 Å². The zero-order valence-electron chi connectivity index (χ0n) is 12.9. The molecule has 0 spiro atoms. The van der Waals surface area contributed by atoms with Gasteiger partial charge in [0.05, 0.1) is 17.1 Å². The maximum atomic E-state index is 12.9. The van der Waals surface area contributed by atoms with E-state index >= 15 is 0 Å². The van der Waals surface area contributed by atoms with Gasteiger partial charge in [-0.25, -0.2) is 0 Å². The van der Waals surface area contributed by atoms with Gasteiger partial charge < -0.3 is 4.90 Å². The van der Waals surface area contributed by atoms with Gasteiger partial charge in [0.1, 0.15) is 0 Å². The number of thiophene rings is 1. The molecule has 1 amide bonds. The summed E-state index contributed by atoms with van der Waals surface area (Å²) in [6.45, 7) is 3.71. The van der Waals surface area contributed by atoms with Crippen molar-refractivity contribution >= 4 is 17.2 Å². The Kier molecular flexibility index (Phi) is 3.53. The topological polar surface area (TPSA) is 38.1 Å². The van der Waals surface area contributed by atoms with Gasteiger partial charge in [0.25, 0.3) is 5.91 Å². The highest BCUT2D eigenvalue weighted by Crippen LogP contribution is 2.43. The number of aromatic nitrogens is 2. The van der Waals surface area contributed by atoms with E-state index in [0.29, 0.717) is 12.0 Å². The van der Waals surface area contributed by atoms with Crippen LogP contribution in [0.15, 0.2) is 23.8 Å².